The first-order valence-electron chi connectivity index (χ1n) is 10.2. The molecule has 6 nitrogen and oxygen atoms in total. The topological polar surface area (TPSA) is 89.2 Å². The Morgan fingerprint density at radius 2 is 2.00 bits per heavy atom. The Morgan fingerprint density at radius 3 is 2.80 bits per heavy atom. The van der Waals surface area contributed by atoms with E-state index in [1.54, 1.807) is 0 Å². The Labute approximate surface area is 182 Å². The second kappa shape index (κ2) is 8.00. The SMILES string of the molecule is Nc1nnc(SCC(=O)N2CCC[C@H](C(=O)c3ccc4c5c(cccc35)CC4)C2)s1. The van der Waals surface area contributed by atoms with Crippen molar-refractivity contribution >= 4 is 50.7 Å². The van der Waals surface area contributed by atoms with Gasteiger partial charge in [0.15, 0.2) is 10.1 Å². The molecule has 0 unspecified atom stereocenters. The lowest BCUT2D eigenvalue weighted by atomic mass is 9.87. The molecule has 1 aliphatic carbocycles. The molecule has 30 heavy (non-hydrogen) atoms. The van der Waals surface area contributed by atoms with Gasteiger partial charge in [-0.2, -0.15) is 0 Å². The van der Waals surface area contributed by atoms with Gasteiger partial charge in [0, 0.05) is 24.6 Å². The summed E-state index contributed by atoms with van der Waals surface area (Å²) in [7, 11) is 0. The van der Waals surface area contributed by atoms with Gasteiger partial charge in [0.2, 0.25) is 11.0 Å². The number of ketones is 1. The van der Waals surface area contributed by atoms with Crippen LogP contribution < -0.4 is 5.73 Å². The number of nitrogens with two attached hydrogens (primary N) is 1. The van der Waals surface area contributed by atoms with E-state index in [-0.39, 0.29) is 23.4 Å². The molecular formula is C22H22N4O2S2. The van der Waals surface area contributed by atoms with E-state index >= 15 is 0 Å². The van der Waals surface area contributed by atoms with Gasteiger partial charge < -0.3 is 10.6 Å². The maximum absolute atomic E-state index is 13.4. The zero-order chi connectivity index (χ0) is 20.7. The Hall–Kier alpha value is -2.45. The number of nitrogens with zero attached hydrogens (tertiary/aromatic N) is 3. The number of hydrogen-bond acceptors (Lipinski definition) is 7. The first-order valence-corrected chi connectivity index (χ1v) is 12.0. The van der Waals surface area contributed by atoms with Crippen molar-refractivity contribution in [1.29, 1.82) is 0 Å². The van der Waals surface area contributed by atoms with Gasteiger partial charge in [0.1, 0.15) is 0 Å². The Morgan fingerprint density at radius 1 is 1.17 bits per heavy atom. The first-order chi connectivity index (χ1) is 14.6. The number of rotatable bonds is 5. The molecule has 1 saturated heterocycles. The van der Waals surface area contributed by atoms with Crippen molar-refractivity contribution in [3.05, 3.63) is 47.0 Å². The molecule has 2 aromatic carbocycles. The average molecular weight is 439 g/mol. The molecule has 3 aromatic rings. The Bertz CT molecular complexity index is 1130. The van der Waals surface area contributed by atoms with Crippen molar-refractivity contribution in [2.75, 3.05) is 24.6 Å². The fraction of sp³-hybridized carbons (Fsp3) is 0.364. The van der Waals surface area contributed by atoms with Crippen LogP contribution in [0.4, 0.5) is 5.13 Å². The second-order valence-corrected chi connectivity index (χ2v) is 10.1. The third-order valence-corrected chi connectivity index (χ3v) is 7.90. The minimum absolute atomic E-state index is 0.0340. The summed E-state index contributed by atoms with van der Waals surface area (Å²) in [6.45, 7) is 1.19. The van der Waals surface area contributed by atoms with Crippen molar-refractivity contribution in [1.82, 2.24) is 15.1 Å². The highest BCUT2D eigenvalue weighted by molar-refractivity contribution is 8.01. The molecule has 1 atom stereocenters. The number of thioether (sulfide) groups is 1. The third-order valence-electron chi connectivity index (χ3n) is 6.03. The zero-order valence-electron chi connectivity index (χ0n) is 16.5. The van der Waals surface area contributed by atoms with E-state index in [1.165, 1.54) is 39.6 Å². The summed E-state index contributed by atoms with van der Waals surface area (Å²) >= 11 is 2.63. The van der Waals surface area contributed by atoms with Crippen LogP contribution in [0.3, 0.4) is 0 Å². The molecule has 0 radical (unpaired) electrons. The van der Waals surface area contributed by atoms with E-state index in [9.17, 15) is 9.59 Å². The maximum atomic E-state index is 13.4. The van der Waals surface area contributed by atoms with Gasteiger partial charge in [-0.3, -0.25) is 9.59 Å². The molecule has 2 aliphatic rings. The molecule has 1 amide bonds. The van der Waals surface area contributed by atoms with Gasteiger partial charge >= 0.3 is 0 Å². The number of aryl methyl sites for hydroxylation is 2. The largest absolute Gasteiger partial charge is 0.374 e. The fourth-order valence-electron chi connectivity index (χ4n) is 4.59. The van der Waals surface area contributed by atoms with Crippen LogP contribution in [0.2, 0.25) is 0 Å². The van der Waals surface area contributed by atoms with Gasteiger partial charge in [0.05, 0.1) is 5.75 Å². The van der Waals surface area contributed by atoms with Crippen LogP contribution in [0.25, 0.3) is 10.8 Å². The lowest BCUT2D eigenvalue weighted by Crippen LogP contribution is -2.43. The van der Waals surface area contributed by atoms with Gasteiger partial charge in [0.25, 0.3) is 0 Å². The summed E-state index contributed by atoms with van der Waals surface area (Å²) in [5.41, 5.74) is 9.08. The van der Waals surface area contributed by atoms with Gasteiger partial charge in [-0.15, -0.1) is 10.2 Å². The van der Waals surface area contributed by atoms with E-state index in [1.807, 2.05) is 11.0 Å². The summed E-state index contributed by atoms with van der Waals surface area (Å²) in [5, 5.41) is 10.5. The number of anilines is 1. The highest BCUT2D eigenvalue weighted by Crippen LogP contribution is 2.34. The number of amides is 1. The van der Waals surface area contributed by atoms with Crippen molar-refractivity contribution in [2.45, 2.75) is 30.0 Å². The number of carbonyl (C=O) groups is 2. The number of hydrogen-bond donors (Lipinski definition) is 1. The molecule has 1 aliphatic heterocycles. The predicted molar refractivity (Wildman–Crippen MR) is 120 cm³/mol. The number of benzene rings is 2. The zero-order valence-corrected chi connectivity index (χ0v) is 18.1. The molecule has 0 saturated carbocycles. The minimum atomic E-state index is -0.150. The lowest BCUT2D eigenvalue weighted by molar-refractivity contribution is -0.129. The Balaban J connectivity index is 1.31. The van der Waals surface area contributed by atoms with Crippen molar-refractivity contribution < 1.29 is 9.59 Å². The predicted octanol–water partition coefficient (Wildman–Crippen LogP) is 3.59. The monoisotopic (exact) mass is 438 g/mol. The number of nitrogen functional groups attached to an aromatic ring is 1. The standard InChI is InChI=1S/C22H22N4O2S2/c23-21-24-25-22(30-21)29-12-18(27)26-10-2-4-15(11-26)20(28)17-9-8-14-7-6-13-3-1-5-16(17)19(13)14/h1,3,5,8-9,15H,2,4,6-7,10-12H2,(H2,23,24)/t15-/m0/s1. The quantitative estimate of drug-likeness (QED) is 0.484. The van der Waals surface area contributed by atoms with Crippen LogP contribution in [-0.4, -0.2) is 45.6 Å². The summed E-state index contributed by atoms with van der Waals surface area (Å²) < 4.78 is 0.693. The molecule has 1 fully saturated rings. The fourth-order valence-corrected chi connectivity index (χ4v) is 6.13. The van der Waals surface area contributed by atoms with Gasteiger partial charge in [-0.1, -0.05) is 53.4 Å². The number of carbonyl (C=O) groups excluding carboxylic acids is 2. The summed E-state index contributed by atoms with van der Waals surface area (Å²) in [6, 6.07) is 10.4. The van der Waals surface area contributed by atoms with E-state index in [0.29, 0.717) is 22.6 Å². The normalized spacial score (nSPS) is 18.1. The molecule has 8 heteroatoms. The van der Waals surface area contributed by atoms with Crippen molar-refractivity contribution in [3.63, 3.8) is 0 Å². The lowest BCUT2D eigenvalue weighted by Gasteiger charge is -2.32. The van der Waals surface area contributed by atoms with E-state index < -0.39 is 0 Å². The highest BCUT2D eigenvalue weighted by Gasteiger charge is 2.30. The van der Waals surface area contributed by atoms with Crippen molar-refractivity contribution in [2.24, 2.45) is 5.92 Å². The first kappa shape index (κ1) is 19.5. The molecular weight excluding hydrogens is 416 g/mol. The Kier molecular flexibility index (Phi) is 5.20. The second-order valence-electron chi connectivity index (χ2n) is 7.85. The van der Waals surface area contributed by atoms with Gasteiger partial charge in [-0.05, 0) is 47.6 Å². The average Bonchev–Trinajstić information content (AvgIpc) is 3.39. The van der Waals surface area contributed by atoms with Crippen molar-refractivity contribution in [3.8, 4) is 0 Å². The summed E-state index contributed by atoms with van der Waals surface area (Å²) in [6.07, 6.45) is 3.77. The maximum Gasteiger partial charge on any atom is 0.233 e. The molecule has 1 aromatic heterocycles. The van der Waals surface area contributed by atoms with E-state index in [0.717, 1.165) is 36.6 Å². The summed E-state index contributed by atoms with van der Waals surface area (Å²) in [4.78, 5) is 28.0. The molecule has 154 valence electrons. The molecule has 0 spiro atoms. The number of likely N-dealkylation sites (tertiary alicyclic amines) is 1. The van der Waals surface area contributed by atoms with Crippen LogP contribution in [0.5, 0.6) is 0 Å². The minimum Gasteiger partial charge on any atom is -0.374 e. The number of aromatic nitrogens is 2. The van der Waals surface area contributed by atoms with Crippen LogP contribution in [0, 0.1) is 5.92 Å². The molecule has 0 bridgehead atoms. The highest BCUT2D eigenvalue weighted by atomic mass is 32.2. The summed E-state index contributed by atoms with van der Waals surface area (Å²) in [5.74, 6) is 0.332. The third kappa shape index (κ3) is 3.58. The van der Waals surface area contributed by atoms with Crippen LogP contribution >= 0.6 is 23.1 Å². The van der Waals surface area contributed by atoms with Crippen LogP contribution in [0.1, 0.15) is 34.3 Å². The number of piperidine rings is 1. The van der Waals surface area contributed by atoms with Crippen LogP contribution in [-0.2, 0) is 17.6 Å². The number of Topliss-reactive ketones (excluding diaryl/α,β-unsaturated/α-hetero) is 1. The van der Waals surface area contributed by atoms with E-state index in [4.69, 9.17) is 5.73 Å². The molecule has 5 rings (SSSR count). The molecule has 2 heterocycles. The smallest absolute Gasteiger partial charge is 0.233 e. The van der Waals surface area contributed by atoms with E-state index in [2.05, 4.69) is 34.5 Å². The van der Waals surface area contributed by atoms with Gasteiger partial charge in [-0.25, -0.2) is 0 Å². The van der Waals surface area contributed by atoms with Crippen LogP contribution in [0.15, 0.2) is 34.7 Å². The molecule has 2 N–H and O–H groups in total.